The molecule has 0 unspecified atom stereocenters. The zero-order valence-electron chi connectivity index (χ0n) is 17.1. The van der Waals surface area contributed by atoms with E-state index >= 15 is 0 Å². The fourth-order valence-electron chi connectivity index (χ4n) is 2.87. The summed E-state index contributed by atoms with van der Waals surface area (Å²) >= 11 is 18.4. The molecule has 2 aromatic carbocycles. The minimum absolute atomic E-state index is 0.0792. The van der Waals surface area contributed by atoms with Crippen LogP contribution in [0.1, 0.15) is 12.5 Å². The van der Waals surface area contributed by atoms with Crippen LogP contribution < -0.4 is 9.62 Å². The summed E-state index contributed by atoms with van der Waals surface area (Å²) in [6.45, 7) is 0.933. The first-order valence-corrected chi connectivity index (χ1v) is 12.1. The Morgan fingerprint density at radius 1 is 1.03 bits per heavy atom. The number of carbonyl (C=O) groups is 2. The molecular weight excluding hydrogens is 485 g/mol. The summed E-state index contributed by atoms with van der Waals surface area (Å²) < 4.78 is 25.8. The van der Waals surface area contributed by atoms with E-state index in [1.807, 2.05) is 0 Å². The summed E-state index contributed by atoms with van der Waals surface area (Å²) in [6.07, 6.45) is 0.992. The van der Waals surface area contributed by atoms with Gasteiger partial charge in [0.1, 0.15) is 12.6 Å². The van der Waals surface area contributed by atoms with Gasteiger partial charge in [-0.05, 0) is 43.3 Å². The summed E-state index contributed by atoms with van der Waals surface area (Å²) in [4.78, 5) is 26.8. The minimum Gasteiger partial charge on any atom is -0.357 e. The number of hydrogen-bond donors (Lipinski definition) is 1. The van der Waals surface area contributed by atoms with Crippen LogP contribution in [-0.4, -0.2) is 51.0 Å². The number of hydrogen-bond acceptors (Lipinski definition) is 4. The highest BCUT2D eigenvalue weighted by Gasteiger charge is 2.30. The van der Waals surface area contributed by atoms with E-state index < -0.39 is 34.4 Å². The van der Waals surface area contributed by atoms with Crippen LogP contribution in [-0.2, 0) is 26.2 Å². The largest absolute Gasteiger partial charge is 0.357 e. The molecule has 31 heavy (non-hydrogen) atoms. The average Bonchev–Trinajstić information content (AvgIpc) is 2.70. The van der Waals surface area contributed by atoms with Crippen molar-refractivity contribution in [3.8, 4) is 0 Å². The summed E-state index contributed by atoms with van der Waals surface area (Å²) in [7, 11) is -2.37. The Kier molecular flexibility index (Phi) is 8.59. The summed E-state index contributed by atoms with van der Waals surface area (Å²) in [5.41, 5.74) is 0.718. The Morgan fingerprint density at radius 2 is 1.58 bits per heavy atom. The van der Waals surface area contributed by atoms with E-state index in [2.05, 4.69) is 5.32 Å². The summed E-state index contributed by atoms with van der Waals surface area (Å²) in [5, 5.41) is 3.57. The lowest BCUT2D eigenvalue weighted by Crippen LogP contribution is -2.50. The van der Waals surface area contributed by atoms with Crippen LogP contribution >= 0.6 is 34.8 Å². The van der Waals surface area contributed by atoms with Crippen molar-refractivity contribution in [2.75, 3.05) is 24.2 Å². The lowest BCUT2D eigenvalue weighted by Gasteiger charge is -2.31. The van der Waals surface area contributed by atoms with Gasteiger partial charge in [-0.15, -0.1) is 0 Å². The Hall–Kier alpha value is -2.00. The third-order valence-corrected chi connectivity index (χ3v) is 6.70. The maximum absolute atomic E-state index is 13.3. The first-order chi connectivity index (χ1) is 14.5. The van der Waals surface area contributed by atoms with Gasteiger partial charge in [-0.1, -0.05) is 40.9 Å². The highest BCUT2D eigenvalue weighted by molar-refractivity contribution is 7.92. The molecule has 0 spiro atoms. The number of rotatable bonds is 8. The summed E-state index contributed by atoms with van der Waals surface area (Å²) in [5.74, 6) is -1.03. The molecule has 1 atom stereocenters. The van der Waals surface area contributed by atoms with Crippen LogP contribution in [0.25, 0.3) is 0 Å². The maximum atomic E-state index is 13.3. The molecule has 2 rings (SSSR count). The Balaban J connectivity index is 2.43. The van der Waals surface area contributed by atoms with Crippen LogP contribution in [0.5, 0.6) is 0 Å². The monoisotopic (exact) mass is 505 g/mol. The molecule has 0 aromatic heterocycles. The molecule has 2 aromatic rings. The second kappa shape index (κ2) is 10.5. The van der Waals surface area contributed by atoms with Gasteiger partial charge in [0.2, 0.25) is 21.8 Å². The molecule has 11 heteroatoms. The van der Waals surface area contributed by atoms with Crippen molar-refractivity contribution in [1.29, 1.82) is 0 Å². The van der Waals surface area contributed by atoms with Crippen molar-refractivity contribution in [1.82, 2.24) is 10.2 Å². The van der Waals surface area contributed by atoms with E-state index in [-0.39, 0.29) is 12.2 Å². The molecule has 2 amide bonds. The zero-order valence-corrected chi connectivity index (χ0v) is 20.2. The quantitative estimate of drug-likeness (QED) is 0.593. The van der Waals surface area contributed by atoms with Crippen molar-refractivity contribution in [2.24, 2.45) is 0 Å². The van der Waals surface area contributed by atoms with Crippen molar-refractivity contribution in [3.63, 3.8) is 0 Å². The molecule has 1 N–H and O–H groups in total. The molecule has 0 aliphatic heterocycles. The van der Waals surface area contributed by atoms with Crippen LogP contribution in [0.15, 0.2) is 42.5 Å². The number of sulfonamides is 1. The fraction of sp³-hybridized carbons (Fsp3) is 0.300. The van der Waals surface area contributed by atoms with Gasteiger partial charge in [-0.2, -0.15) is 0 Å². The molecule has 0 aliphatic rings. The van der Waals surface area contributed by atoms with Crippen LogP contribution in [0.3, 0.4) is 0 Å². The third-order valence-electron chi connectivity index (χ3n) is 4.60. The molecule has 0 saturated carbocycles. The van der Waals surface area contributed by atoms with Crippen molar-refractivity contribution in [3.05, 3.63) is 63.1 Å². The molecule has 168 valence electrons. The lowest BCUT2D eigenvalue weighted by atomic mass is 10.1. The molecule has 7 nitrogen and oxygen atoms in total. The number of nitrogens with one attached hydrogen (secondary N) is 1. The number of halogens is 3. The standard InChI is InChI=1S/C20H22Cl3N3O4S/c1-13(20(28)24-2)25(11-16-17(22)5-4-6-18(16)23)19(27)12-26(31(3,29)30)15-9-7-14(21)8-10-15/h4-10,13H,11-12H2,1-3H3,(H,24,28)/t13-/m0/s1. The van der Waals surface area contributed by atoms with Crippen LogP contribution in [0.4, 0.5) is 5.69 Å². The van der Waals surface area contributed by atoms with Crippen LogP contribution in [0, 0.1) is 0 Å². The summed E-state index contributed by atoms with van der Waals surface area (Å²) in [6, 6.07) is 10.0. The molecule has 0 heterocycles. The van der Waals surface area contributed by atoms with E-state index in [0.29, 0.717) is 20.6 Å². The number of amides is 2. The molecule has 0 saturated heterocycles. The number of likely N-dealkylation sites (N-methyl/N-ethyl adjacent to an activating group) is 1. The zero-order chi connectivity index (χ0) is 23.3. The van der Waals surface area contributed by atoms with E-state index in [0.717, 1.165) is 10.6 Å². The fourth-order valence-corrected chi connectivity index (χ4v) is 4.36. The van der Waals surface area contributed by atoms with Crippen molar-refractivity contribution >= 4 is 62.3 Å². The number of carbonyl (C=O) groups excluding carboxylic acids is 2. The number of benzene rings is 2. The Bertz CT molecular complexity index is 1040. The minimum atomic E-state index is -3.81. The SMILES string of the molecule is CNC(=O)[C@H](C)N(Cc1c(Cl)cccc1Cl)C(=O)CN(c1ccc(Cl)cc1)S(C)(=O)=O. The highest BCUT2D eigenvalue weighted by Crippen LogP contribution is 2.27. The molecule has 0 aliphatic carbocycles. The smallest absolute Gasteiger partial charge is 0.244 e. The van der Waals surface area contributed by atoms with Gasteiger partial charge in [0, 0.05) is 34.2 Å². The van der Waals surface area contributed by atoms with Gasteiger partial charge in [-0.25, -0.2) is 8.42 Å². The van der Waals surface area contributed by atoms with E-state index in [1.165, 1.54) is 43.1 Å². The number of anilines is 1. The Morgan fingerprint density at radius 3 is 2.06 bits per heavy atom. The first-order valence-electron chi connectivity index (χ1n) is 9.13. The van der Waals surface area contributed by atoms with E-state index in [4.69, 9.17) is 34.8 Å². The van der Waals surface area contributed by atoms with Gasteiger partial charge < -0.3 is 10.2 Å². The second-order valence-corrected chi connectivity index (χ2v) is 9.92. The Labute approximate surface area is 196 Å². The normalized spacial score (nSPS) is 12.2. The van der Waals surface area contributed by atoms with Gasteiger partial charge in [0.15, 0.2) is 0 Å². The van der Waals surface area contributed by atoms with Crippen molar-refractivity contribution < 1.29 is 18.0 Å². The predicted molar refractivity (Wildman–Crippen MR) is 124 cm³/mol. The topological polar surface area (TPSA) is 86.8 Å². The first kappa shape index (κ1) is 25.3. The van der Waals surface area contributed by atoms with Gasteiger partial charge in [0.25, 0.3) is 0 Å². The molecule has 0 fully saturated rings. The third kappa shape index (κ3) is 6.49. The molecule has 0 bridgehead atoms. The number of nitrogens with zero attached hydrogens (tertiary/aromatic N) is 2. The van der Waals surface area contributed by atoms with Gasteiger partial charge in [-0.3, -0.25) is 13.9 Å². The molecular formula is C20H22Cl3N3O4S. The second-order valence-electron chi connectivity index (χ2n) is 6.76. The van der Waals surface area contributed by atoms with Crippen LogP contribution in [0.2, 0.25) is 15.1 Å². The maximum Gasteiger partial charge on any atom is 0.244 e. The van der Waals surface area contributed by atoms with E-state index in [9.17, 15) is 18.0 Å². The lowest BCUT2D eigenvalue weighted by molar-refractivity contribution is -0.139. The predicted octanol–water partition coefficient (Wildman–Crippen LogP) is 3.58. The van der Waals surface area contributed by atoms with Crippen molar-refractivity contribution in [2.45, 2.75) is 19.5 Å². The van der Waals surface area contributed by atoms with E-state index in [1.54, 1.807) is 18.2 Å². The molecule has 0 radical (unpaired) electrons. The highest BCUT2D eigenvalue weighted by atomic mass is 35.5. The average molecular weight is 507 g/mol. The van der Waals surface area contributed by atoms with Gasteiger partial charge in [0.05, 0.1) is 11.9 Å². The van der Waals surface area contributed by atoms with Gasteiger partial charge >= 0.3 is 0 Å².